The molecule has 1 aromatic rings. The van der Waals surface area contributed by atoms with Crippen LogP contribution in [0, 0.1) is 17.7 Å². The Kier molecular flexibility index (Phi) is 4.11. The maximum absolute atomic E-state index is 13.0. The molecule has 134 valence electrons. The number of anilines is 1. The first-order valence-electron chi connectivity index (χ1n) is 8.72. The number of amides is 1. The number of halogens is 1. The molecule has 2 bridgehead atoms. The number of fused-ring (bicyclic) bond motifs is 2. The summed E-state index contributed by atoms with van der Waals surface area (Å²) >= 11 is 0. The summed E-state index contributed by atoms with van der Waals surface area (Å²) in [5.74, 6) is -2.59. The summed E-state index contributed by atoms with van der Waals surface area (Å²) in [7, 11) is 0. The van der Waals surface area contributed by atoms with Crippen LogP contribution < -0.4 is 4.90 Å². The minimum absolute atomic E-state index is 0.0987. The van der Waals surface area contributed by atoms with Gasteiger partial charge in [0, 0.05) is 31.9 Å². The number of carboxylic acid groups (broad SMARTS) is 1. The highest BCUT2D eigenvalue weighted by atomic mass is 19.1. The van der Waals surface area contributed by atoms with Crippen molar-refractivity contribution in [3.8, 4) is 0 Å². The van der Waals surface area contributed by atoms with Crippen LogP contribution in [-0.2, 0) is 14.3 Å². The van der Waals surface area contributed by atoms with Gasteiger partial charge in [0.05, 0.1) is 24.0 Å². The van der Waals surface area contributed by atoms with Crippen molar-refractivity contribution in [1.29, 1.82) is 0 Å². The second kappa shape index (κ2) is 6.29. The first kappa shape index (κ1) is 16.3. The van der Waals surface area contributed by atoms with Crippen LogP contribution in [0.1, 0.15) is 12.8 Å². The van der Waals surface area contributed by atoms with E-state index in [0.717, 1.165) is 18.5 Å². The Labute approximate surface area is 145 Å². The van der Waals surface area contributed by atoms with Gasteiger partial charge in [-0.05, 0) is 37.1 Å². The molecule has 3 aliphatic rings. The molecule has 0 radical (unpaired) electrons. The Morgan fingerprint density at radius 2 is 1.60 bits per heavy atom. The molecule has 3 fully saturated rings. The number of hydrogen-bond acceptors (Lipinski definition) is 4. The summed E-state index contributed by atoms with van der Waals surface area (Å²) in [5, 5.41) is 9.48. The number of ether oxygens (including phenoxy) is 1. The lowest BCUT2D eigenvalue weighted by Gasteiger charge is -2.38. The van der Waals surface area contributed by atoms with E-state index >= 15 is 0 Å². The smallest absolute Gasteiger partial charge is 0.310 e. The molecule has 4 atom stereocenters. The van der Waals surface area contributed by atoms with Crippen LogP contribution in [-0.4, -0.2) is 60.3 Å². The van der Waals surface area contributed by atoms with E-state index in [-0.39, 0.29) is 23.9 Å². The molecule has 6 nitrogen and oxygen atoms in total. The van der Waals surface area contributed by atoms with Crippen LogP contribution >= 0.6 is 0 Å². The van der Waals surface area contributed by atoms with Gasteiger partial charge in [-0.2, -0.15) is 0 Å². The molecule has 1 N–H and O–H groups in total. The molecule has 1 aromatic carbocycles. The van der Waals surface area contributed by atoms with E-state index in [1.807, 2.05) is 0 Å². The Bertz CT molecular complexity index is 672. The standard InChI is InChI=1S/C18H21FN2O4/c19-11-1-3-12(4-2-11)20-7-9-21(10-8-20)17(22)15-13-5-6-14(25-13)16(15)18(23)24/h1-4,13-16H,5-10H2,(H,23,24)/t13-,14+,15+,16-/m1/s1. The van der Waals surface area contributed by atoms with Crippen LogP contribution in [0.2, 0.25) is 0 Å². The molecule has 0 unspecified atom stereocenters. The summed E-state index contributed by atoms with van der Waals surface area (Å²) in [6, 6.07) is 6.32. The zero-order chi connectivity index (χ0) is 17.6. The molecule has 3 heterocycles. The minimum atomic E-state index is -0.935. The number of hydrogen-bond donors (Lipinski definition) is 1. The Hall–Kier alpha value is -2.15. The van der Waals surface area contributed by atoms with Crippen LogP contribution in [0.25, 0.3) is 0 Å². The highest BCUT2D eigenvalue weighted by molar-refractivity contribution is 5.86. The van der Waals surface area contributed by atoms with Gasteiger partial charge in [-0.15, -0.1) is 0 Å². The van der Waals surface area contributed by atoms with Crippen molar-refractivity contribution in [2.75, 3.05) is 31.1 Å². The molecule has 0 spiro atoms. The van der Waals surface area contributed by atoms with Crippen LogP contribution in [0.15, 0.2) is 24.3 Å². The monoisotopic (exact) mass is 348 g/mol. The molecule has 3 aliphatic heterocycles. The third kappa shape index (κ3) is 2.86. The summed E-state index contributed by atoms with van der Waals surface area (Å²) in [6.45, 7) is 2.38. The Morgan fingerprint density at radius 3 is 2.20 bits per heavy atom. The lowest BCUT2D eigenvalue weighted by Crippen LogP contribution is -2.53. The normalized spacial score (nSPS) is 31.4. The first-order valence-corrected chi connectivity index (χ1v) is 8.72. The Morgan fingerprint density at radius 1 is 1.00 bits per heavy atom. The predicted molar refractivity (Wildman–Crippen MR) is 87.7 cm³/mol. The van der Waals surface area contributed by atoms with Gasteiger partial charge < -0.3 is 19.6 Å². The van der Waals surface area contributed by atoms with Crippen molar-refractivity contribution >= 4 is 17.6 Å². The quantitative estimate of drug-likeness (QED) is 0.893. The fraction of sp³-hybridized carbons (Fsp3) is 0.556. The summed E-state index contributed by atoms with van der Waals surface area (Å²) in [6.07, 6.45) is 0.912. The van der Waals surface area contributed by atoms with Gasteiger partial charge in [0.2, 0.25) is 5.91 Å². The molecule has 7 heteroatoms. The third-order valence-electron chi connectivity index (χ3n) is 5.63. The van der Waals surface area contributed by atoms with Gasteiger partial charge in [0.25, 0.3) is 0 Å². The van der Waals surface area contributed by atoms with Crippen LogP contribution in [0.3, 0.4) is 0 Å². The number of benzene rings is 1. The van der Waals surface area contributed by atoms with Crippen LogP contribution in [0.4, 0.5) is 10.1 Å². The van der Waals surface area contributed by atoms with E-state index in [0.29, 0.717) is 26.2 Å². The van der Waals surface area contributed by atoms with Gasteiger partial charge in [0.1, 0.15) is 5.82 Å². The van der Waals surface area contributed by atoms with E-state index in [9.17, 15) is 19.1 Å². The molecule has 1 amide bonds. The highest BCUT2D eigenvalue weighted by Gasteiger charge is 2.56. The lowest BCUT2D eigenvalue weighted by molar-refractivity contribution is -0.151. The van der Waals surface area contributed by atoms with Gasteiger partial charge in [0.15, 0.2) is 0 Å². The van der Waals surface area contributed by atoms with E-state index < -0.39 is 17.8 Å². The van der Waals surface area contributed by atoms with E-state index in [1.54, 1.807) is 17.0 Å². The minimum Gasteiger partial charge on any atom is -0.481 e. The Balaban J connectivity index is 1.41. The maximum atomic E-state index is 13.0. The number of carboxylic acids is 1. The number of nitrogens with zero attached hydrogens (tertiary/aromatic N) is 2. The van der Waals surface area contributed by atoms with E-state index in [1.165, 1.54) is 12.1 Å². The summed E-state index contributed by atoms with van der Waals surface area (Å²) in [4.78, 5) is 28.3. The van der Waals surface area contributed by atoms with Crippen molar-refractivity contribution < 1.29 is 23.8 Å². The number of aliphatic carboxylic acids is 1. The van der Waals surface area contributed by atoms with Gasteiger partial charge >= 0.3 is 5.97 Å². The SMILES string of the molecule is O=C(O)[C@H]1[C@@H](C(=O)N2CCN(c3ccc(F)cc3)CC2)[C@H]2CC[C@@H]1O2. The van der Waals surface area contributed by atoms with Gasteiger partial charge in [-0.3, -0.25) is 9.59 Å². The number of carbonyl (C=O) groups excluding carboxylic acids is 1. The number of carbonyl (C=O) groups is 2. The van der Waals surface area contributed by atoms with Crippen molar-refractivity contribution in [2.24, 2.45) is 11.8 Å². The van der Waals surface area contributed by atoms with Crippen molar-refractivity contribution in [1.82, 2.24) is 4.90 Å². The fourth-order valence-electron chi connectivity index (χ4n) is 4.35. The second-order valence-electron chi connectivity index (χ2n) is 6.97. The third-order valence-corrected chi connectivity index (χ3v) is 5.63. The zero-order valence-electron chi connectivity index (χ0n) is 13.8. The second-order valence-corrected chi connectivity index (χ2v) is 6.97. The predicted octanol–water partition coefficient (Wildman–Crippen LogP) is 1.35. The lowest BCUT2D eigenvalue weighted by atomic mass is 9.78. The average Bonchev–Trinajstić information content (AvgIpc) is 3.23. The van der Waals surface area contributed by atoms with Gasteiger partial charge in [-0.1, -0.05) is 0 Å². The molecular formula is C18H21FN2O4. The molecule has 4 rings (SSSR count). The van der Waals surface area contributed by atoms with Crippen molar-refractivity contribution in [3.63, 3.8) is 0 Å². The van der Waals surface area contributed by atoms with E-state index in [2.05, 4.69) is 4.90 Å². The molecule has 0 aliphatic carbocycles. The number of piperazine rings is 1. The molecule has 0 aromatic heterocycles. The van der Waals surface area contributed by atoms with Crippen LogP contribution in [0.5, 0.6) is 0 Å². The molecule has 25 heavy (non-hydrogen) atoms. The highest BCUT2D eigenvalue weighted by Crippen LogP contribution is 2.44. The van der Waals surface area contributed by atoms with Crippen molar-refractivity contribution in [3.05, 3.63) is 30.1 Å². The number of rotatable bonds is 3. The van der Waals surface area contributed by atoms with E-state index in [4.69, 9.17) is 4.74 Å². The molecule has 3 saturated heterocycles. The fourth-order valence-corrected chi connectivity index (χ4v) is 4.35. The van der Waals surface area contributed by atoms with Crippen molar-refractivity contribution in [2.45, 2.75) is 25.0 Å². The first-order chi connectivity index (χ1) is 12.0. The summed E-state index contributed by atoms with van der Waals surface area (Å²) in [5.41, 5.74) is 0.931. The molecule has 0 saturated carbocycles. The summed E-state index contributed by atoms with van der Waals surface area (Å²) < 4.78 is 18.7. The topological polar surface area (TPSA) is 70.1 Å². The largest absolute Gasteiger partial charge is 0.481 e. The van der Waals surface area contributed by atoms with Gasteiger partial charge in [-0.25, -0.2) is 4.39 Å². The molecular weight excluding hydrogens is 327 g/mol. The average molecular weight is 348 g/mol. The maximum Gasteiger partial charge on any atom is 0.310 e. The zero-order valence-corrected chi connectivity index (χ0v) is 13.8.